The molecule has 0 radical (unpaired) electrons. The van der Waals surface area contributed by atoms with E-state index < -0.39 is 30.0 Å². The average Bonchev–Trinajstić information content (AvgIpc) is 2.73. The van der Waals surface area contributed by atoms with Gasteiger partial charge in [-0.05, 0) is 44.2 Å². The van der Waals surface area contributed by atoms with E-state index in [1.165, 1.54) is 57.5 Å². The topological polar surface area (TPSA) is 108 Å². The van der Waals surface area contributed by atoms with Crippen LogP contribution in [-0.2, 0) is 19.1 Å². The number of halogens is 1. The summed E-state index contributed by atoms with van der Waals surface area (Å²) in [5.74, 6) is -2.07. The molecule has 3 rings (SSSR count). The average molecular weight is 414 g/mol. The molecule has 9 heteroatoms. The number of ether oxygens (including phenoxy) is 3. The zero-order chi connectivity index (χ0) is 21.8. The summed E-state index contributed by atoms with van der Waals surface area (Å²) in [6, 6.07) is 8.59. The van der Waals surface area contributed by atoms with Gasteiger partial charge in [0.2, 0.25) is 0 Å². The number of fused-ring (bicyclic) bond motifs is 1. The first-order valence-corrected chi connectivity index (χ1v) is 8.99. The molecule has 0 spiro atoms. The van der Waals surface area contributed by atoms with Crippen LogP contribution in [0.5, 0.6) is 11.5 Å². The van der Waals surface area contributed by atoms with Crippen molar-refractivity contribution >= 4 is 23.0 Å². The number of carbonyl (C=O) groups excluding carboxylic acids is 2. The van der Waals surface area contributed by atoms with Gasteiger partial charge in [-0.2, -0.15) is 0 Å². The molecule has 156 valence electrons. The van der Waals surface area contributed by atoms with Crippen LogP contribution in [0.2, 0.25) is 0 Å². The maximum Gasteiger partial charge on any atom is 0.347 e. The van der Waals surface area contributed by atoms with Crippen molar-refractivity contribution in [1.82, 2.24) is 9.97 Å². The lowest BCUT2D eigenvalue weighted by Crippen LogP contribution is -2.33. The minimum absolute atomic E-state index is 0.0461. The summed E-state index contributed by atoms with van der Waals surface area (Å²) >= 11 is 0. The molecule has 0 saturated carbocycles. The molecule has 2 atom stereocenters. The van der Waals surface area contributed by atoms with Crippen molar-refractivity contribution < 1.29 is 33.3 Å². The first-order valence-electron chi connectivity index (χ1n) is 8.99. The Bertz CT molecular complexity index is 1100. The van der Waals surface area contributed by atoms with Gasteiger partial charge in [0, 0.05) is 11.6 Å². The number of esters is 2. The smallest absolute Gasteiger partial charge is 0.347 e. The summed E-state index contributed by atoms with van der Waals surface area (Å²) < 4.78 is 28.2. The van der Waals surface area contributed by atoms with Crippen LogP contribution in [0.25, 0.3) is 22.3 Å². The summed E-state index contributed by atoms with van der Waals surface area (Å²) in [6.07, 6.45) is -0.695. The molecule has 2 aromatic carbocycles. The summed E-state index contributed by atoms with van der Waals surface area (Å²) in [5.41, 5.74) is 1.93. The fourth-order valence-corrected chi connectivity index (χ4v) is 2.62. The molecule has 3 aromatic rings. The van der Waals surface area contributed by atoms with Crippen LogP contribution in [0.1, 0.15) is 13.8 Å². The Morgan fingerprint density at radius 3 is 2.50 bits per heavy atom. The first kappa shape index (κ1) is 21.0. The molecule has 0 aliphatic heterocycles. The van der Waals surface area contributed by atoms with Gasteiger partial charge in [-0.3, -0.25) is 4.98 Å². The Morgan fingerprint density at radius 1 is 1.03 bits per heavy atom. The van der Waals surface area contributed by atoms with Gasteiger partial charge in [-0.15, -0.1) is 0 Å². The number of aromatic hydroxyl groups is 1. The predicted octanol–water partition coefficient (Wildman–Crippen LogP) is 3.01. The van der Waals surface area contributed by atoms with Gasteiger partial charge in [0.05, 0.1) is 30.0 Å². The zero-order valence-electron chi connectivity index (χ0n) is 16.5. The number of hydrogen-bond acceptors (Lipinski definition) is 8. The van der Waals surface area contributed by atoms with Gasteiger partial charge in [0.1, 0.15) is 5.82 Å². The lowest BCUT2D eigenvalue weighted by Gasteiger charge is -2.17. The molecule has 8 nitrogen and oxygen atoms in total. The quantitative estimate of drug-likeness (QED) is 0.614. The van der Waals surface area contributed by atoms with E-state index in [1.807, 2.05) is 0 Å². The minimum atomic E-state index is -1.08. The Kier molecular flexibility index (Phi) is 6.10. The number of phenols is 1. The number of nitrogens with zero attached hydrogens (tertiary/aromatic N) is 2. The normalized spacial score (nSPS) is 12.8. The highest BCUT2D eigenvalue weighted by Gasteiger charge is 2.24. The van der Waals surface area contributed by atoms with Gasteiger partial charge >= 0.3 is 11.9 Å². The van der Waals surface area contributed by atoms with Crippen LogP contribution in [0, 0.1) is 5.82 Å². The van der Waals surface area contributed by atoms with E-state index in [2.05, 4.69) is 14.7 Å². The SMILES string of the molecule is COC(=O)C(C)OC(=O)C(C)Oc1ccc(-c2cnc3cc(F)ccc3n2)cc1O. The van der Waals surface area contributed by atoms with Crippen molar-refractivity contribution in [3.05, 3.63) is 48.4 Å². The van der Waals surface area contributed by atoms with Crippen molar-refractivity contribution in [3.8, 4) is 22.8 Å². The van der Waals surface area contributed by atoms with Gasteiger partial charge in [-0.1, -0.05) is 0 Å². The van der Waals surface area contributed by atoms with Crippen LogP contribution < -0.4 is 4.74 Å². The minimum Gasteiger partial charge on any atom is -0.504 e. The van der Waals surface area contributed by atoms with Gasteiger partial charge in [0.15, 0.2) is 23.7 Å². The number of phenolic OH excluding ortho intramolecular Hbond substituents is 1. The zero-order valence-corrected chi connectivity index (χ0v) is 16.5. The summed E-state index contributed by atoms with van der Waals surface area (Å²) in [4.78, 5) is 32.0. The van der Waals surface area contributed by atoms with Crippen LogP contribution in [0.3, 0.4) is 0 Å². The maximum atomic E-state index is 13.3. The van der Waals surface area contributed by atoms with E-state index in [-0.39, 0.29) is 11.5 Å². The monoisotopic (exact) mass is 414 g/mol. The number of benzene rings is 2. The number of rotatable bonds is 6. The van der Waals surface area contributed by atoms with Crippen molar-refractivity contribution in [1.29, 1.82) is 0 Å². The Balaban J connectivity index is 1.74. The molecule has 0 aliphatic carbocycles. The Morgan fingerprint density at radius 2 is 1.80 bits per heavy atom. The molecule has 30 heavy (non-hydrogen) atoms. The second-order valence-corrected chi connectivity index (χ2v) is 6.43. The van der Waals surface area contributed by atoms with Crippen LogP contribution in [-0.4, -0.2) is 46.3 Å². The predicted molar refractivity (Wildman–Crippen MR) is 104 cm³/mol. The van der Waals surface area contributed by atoms with Crippen molar-refractivity contribution in [2.45, 2.75) is 26.1 Å². The standard InChI is InChI=1S/C21H19FN2O6/c1-11(20(26)28-3)30-21(27)12(2)29-19-7-4-13(8-18(19)25)17-10-23-16-9-14(22)5-6-15(16)24-17/h4-12,25H,1-3H3. The number of carbonyl (C=O) groups is 2. The Hall–Kier alpha value is -3.75. The Labute approximate surface area is 171 Å². The highest BCUT2D eigenvalue weighted by atomic mass is 19.1. The molecule has 0 aliphatic rings. The van der Waals surface area contributed by atoms with Gasteiger partial charge in [-0.25, -0.2) is 19.0 Å². The molecule has 0 fully saturated rings. The number of methoxy groups -OCH3 is 1. The third-order valence-corrected chi connectivity index (χ3v) is 4.22. The van der Waals surface area contributed by atoms with Crippen LogP contribution >= 0.6 is 0 Å². The highest BCUT2D eigenvalue weighted by molar-refractivity contribution is 5.81. The van der Waals surface area contributed by atoms with Crippen LogP contribution in [0.4, 0.5) is 4.39 Å². The lowest BCUT2D eigenvalue weighted by atomic mass is 10.1. The van der Waals surface area contributed by atoms with E-state index >= 15 is 0 Å². The van der Waals surface area contributed by atoms with Crippen molar-refractivity contribution in [3.63, 3.8) is 0 Å². The third-order valence-electron chi connectivity index (χ3n) is 4.22. The van der Waals surface area contributed by atoms with E-state index in [0.717, 1.165) is 0 Å². The second-order valence-electron chi connectivity index (χ2n) is 6.43. The van der Waals surface area contributed by atoms with Crippen LogP contribution in [0.15, 0.2) is 42.6 Å². The number of hydrogen-bond donors (Lipinski definition) is 1. The highest BCUT2D eigenvalue weighted by Crippen LogP contribution is 2.32. The third kappa shape index (κ3) is 4.62. The summed E-state index contributed by atoms with van der Waals surface area (Å²) in [6.45, 7) is 2.80. The van der Waals surface area contributed by atoms with E-state index in [0.29, 0.717) is 22.3 Å². The first-order chi connectivity index (χ1) is 14.3. The summed E-state index contributed by atoms with van der Waals surface area (Å²) in [5, 5.41) is 10.3. The fourth-order valence-electron chi connectivity index (χ4n) is 2.62. The van der Waals surface area contributed by atoms with Crippen molar-refractivity contribution in [2.75, 3.05) is 7.11 Å². The number of aromatic nitrogens is 2. The van der Waals surface area contributed by atoms with Gasteiger partial charge < -0.3 is 19.3 Å². The lowest BCUT2D eigenvalue weighted by molar-refractivity contribution is -0.168. The van der Waals surface area contributed by atoms with Crippen molar-refractivity contribution in [2.24, 2.45) is 0 Å². The molecule has 1 aromatic heterocycles. The molecular weight excluding hydrogens is 395 g/mol. The molecule has 0 amide bonds. The molecule has 2 unspecified atom stereocenters. The van der Waals surface area contributed by atoms with E-state index in [9.17, 15) is 19.1 Å². The molecule has 0 saturated heterocycles. The van der Waals surface area contributed by atoms with Gasteiger partial charge in [0.25, 0.3) is 0 Å². The molecule has 0 bridgehead atoms. The largest absolute Gasteiger partial charge is 0.504 e. The second kappa shape index (κ2) is 8.73. The summed E-state index contributed by atoms with van der Waals surface area (Å²) in [7, 11) is 1.18. The molecule has 1 heterocycles. The van der Waals surface area contributed by atoms with E-state index in [4.69, 9.17) is 9.47 Å². The molecule has 1 N–H and O–H groups in total. The fraction of sp³-hybridized carbons (Fsp3) is 0.238. The molecular formula is C21H19FN2O6. The maximum absolute atomic E-state index is 13.3. The van der Waals surface area contributed by atoms with E-state index in [1.54, 1.807) is 6.07 Å².